The fraction of sp³-hybridized carbons (Fsp3) is 0.318. The van der Waals surface area contributed by atoms with Crippen molar-refractivity contribution in [2.24, 2.45) is 5.10 Å². The van der Waals surface area contributed by atoms with Gasteiger partial charge >= 0.3 is 11.8 Å². The minimum absolute atomic E-state index is 0.278. The quantitative estimate of drug-likeness (QED) is 0.221. The Labute approximate surface area is 196 Å². The second-order valence-corrected chi connectivity index (χ2v) is 7.32. The van der Waals surface area contributed by atoms with Gasteiger partial charge in [-0.05, 0) is 48.7 Å². The Morgan fingerprint density at radius 1 is 1.09 bits per heavy atom. The van der Waals surface area contributed by atoms with Crippen LogP contribution in [0.2, 0.25) is 10.0 Å². The number of carbonyl (C=O) groups is 2. The van der Waals surface area contributed by atoms with E-state index in [9.17, 15) is 9.59 Å². The average Bonchev–Trinajstić information content (AvgIpc) is 2.77. The Kier molecular flexibility index (Phi) is 10.8. The standard InChI is InChI=1S/C22H25Cl2N3O5/c1-3-31-19-12-16(13-26-27-22(29)21(28)25-9-4-10-30-2)11-18(24)20(19)32-14-15-5-7-17(23)8-6-15/h5-8,11-13H,3-4,9-10,14H2,1-2H3,(H,25,28)(H,27,29)/b26-13-. The van der Waals surface area contributed by atoms with Gasteiger partial charge in [-0.3, -0.25) is 9.59 Å². The molecule has 2 aromatic rings. The van der Waals surface area contributed by atoms with Gasteiger partial charge < -0.3 is 19.5 Å². The van der Waals surface area contributed by atoms with Crippen LogP contribution in [0.5, 0.6) is 11.5 Å². The second-order valence-electron chi connectivity index (χ2n) is 6.48. The molecule has 0 atom stereocenters. The second kappa shape index (κ2) is 13.6. The molecule has 0 radical (unpaired) electrons. The molecule has 0 aliphatic rings. The van der Waals surface area contributed by atoms with Gasteiger partial charge in [0, 0.05) is 25.3 Å². The van der Waals surface area contributed by atoms with E-state index in [0.717, 1.165) is 5.56 Å². The number of carbonyl (C=O) groups excluding carboxylic acids is 2. The van der Waals surface area contributed by atoms with Gasteiger partial charge in [-0.1, -0.05) is 35.3 Å². The van der Waals surface area contributed by atoms with Crippen LogP contribution in [0.4, 0.5) is 0 Å². The van der Waals surface area contributed by atoms with E-state index in [-0.39, 0.29) is 6.61 Å². The molecule has 0 aromatic heterocycles. The van der Waals surface area contributed by atoms with E-state index >= 15 is 0 Å². The number of hydrazone groups is 1. The molecule has 2 amide bonds. The molecule has 2 rings (SSSR count). The molecule has 0 aliphatic heterocycles. The third-order valence-electron chi connectivity index (χ3n) is 4.02. The molecule has 0 aliphatic carbocycles. The zero-order chi connectivity index (χ0) is 23.3. The maximum Gasteiger partial charge on any atom is 0.329 e. The lowest BCUT2D eigenvalue weighted by Gasteiger charge is -2.14. The number of rotatable bonds is 11. The lowest BCUT2D eigenvalue weighted by atomic mass is 10.2. The number of nitrogens with zero attached hydrogens (tertiary/aromatic N) is 1. The predicted octanol–water partition coefficient (Wildman–Crippen LogP) is 3.57. The van der Waals surface area contributed by atoms with Crippen molar-refractivity contribution < 1.29 is 23.8 Å². The molecule has 2 aromatic carbocycles. The molecule has 0 spiro atoms. The van der Waals surface area contributed by atoms with Crippen molar-refractivity contribution in [2.75, 3.05) is 26.9 Å². The Morgan fingerprint density at radius 3 is 2.53 bits per heavy atom. The summed E-state index contributed by atoms with van der Waals surface area (Å²) in [5.41, 5.74) is 3.64. The molecule has 0 bridgehead atoms. The van der Waals surface area contributed by atoms with Gasteiger partial charge in [-0.2, -0.15) is 5.10 Å². The van der Waals surface area contributed by atoms with Gasteiger partial charge in [-0.25, -0.2) is 5.43 Å². The molecule has 0 saturated heterocycles. The Morgan fingerprint density at radius 2 is 1.84 bits per heavy atom. The van der Waals surface area contributed by atoms with Crippen molar-refractivity contribution in [2.45, 2.75) is 20.0 Å². The monoisotopic (exact) mass is 481 g/mol. The predicted molar refractivity (Wildman–Crippen MR) is 124 cm³/mol. The van der Waals surface area contributed by atoms with Gasteiger partial charge in [0.05, 0.1) is 17.8 Å². The fourth-order valence-corrected chi connectivity index (χ4v) is 2.92. The van der Waals surface area contributed by atoms with Crippen molar-refractivity contribution >= 4 is 41.2 Å². The van der Waals surface area contributed by atoms with Gasteiger partial charge in [0.15, 0.2) is 11.5 Å². The van der Waals surface area contributed by atoms with Gasteiger partial charge in [0.1, 0.15) is 6.61 Å². The van der Waals surface area contributed by atoms with Crippen LogP contribution in [-0.2, 0) is 20.9 Å². The van der Waals surface area contributed by atoms with Gasteiger partial charge in [0.2, 0.25) is 0 Å². The largest absolute Gasteiger partial charge is 0.490 e. The summed E-state index contributed by atoms with van der Waals surface area (Å²) >= 11 is 12.3. The number of hydrogen-bond acceptors (Lipinski definition) is 6. The smallest absolute Gasteiger partial charge is 0.329 e. The van der Waals surface area contributed by atoms with E-state index < -0.39 is 11.8 Å². The normalized spacial score (nSPS) is 10.8. The van der Waals surface area contributed by atoms with Crippen LogP contribution in [0.3, 0.4) is 0 Å². The summed E-state index contributed by atoms with van der Waals surface area (Å²) in [6.07, 6.45) is 1.96. The summed E-state index contributed by atoms with van der Waals surface area (Å²) in [6.45, 7) is 3.33. The topological polar surface area (TPSA) is 98.2 Å². The summed E-state index contributed by atoms with van der Waals surface area (Å²) in [4.78, 5) is 23.5. The molecule has 0 fully saturated rings. The Hall–Kier alpha value is -2.81. The highest BCUT2D eigenvalue weighted by atomic mass is 35.5. The molecule has 0 saturated carbocycles. The van der Waals surface area contributed by atoms with Crippen LogP contribution in [-0.4, -0.2) is 44.9 Å². The number of halogens is 2. The Bertz CT molecular complexity index is 936. The van der Waals surface area contributed by atoms with Crippen molar-refractivity contribution in [3.05, 3.63) is 57.6 Å². The molecular weight excluding hydrogens is 457 g/mol. The van der Waals surface area contributed by atoms with E-state index in [0.29, 0.717) is 53.3 Å². The maximum atomic E-state index is 11.8. The summed E-state index contributed by atoms with van der Waals surface area (Å²) in [5, 5.41) is 7.23. The average molecular weight is 482 g/mol. The molecule has 2 N–H and O–H groups in total. The summed E-state index contributed by atoms with van der Waals surface area (Å²) in [7, 11) is 1.56. The maximum absolute atomic E-state index is 11.8. The third-order valence-corrected chi connectivity index (χ3v) is 4.56. The Balaban J connectivity index is 2.00. The molecule has 10 heteroatoms. The van der Waals surface area contributed by atoms with E-state index in [4.69, 9.17) is 37.4 Å². The third kappa shape index (κ3) is 8.37. The highest BCUT2D eigenvalue weighted by Crippen LogP contribution is 2.37. The molecule has 0 heterocycles. The minimum atomic E-state index is -0.877. The van der Waals surface area contributed by atoms with Crippen LogP contribution in [0.1, 0.15) is 24.5 Å². The van der Waals surface area contributed by atoms with Crippen LogP contribution < -0.4 is 20.2 Å². The van der Waals surface area contributed by atoms with E-state index in [1.807, 2.05) is 19.1 Å². The van der Waals surface area contributed by atoms with Crippen molar-refractivity contribution in [1.29, 1.82) is 0 Å². The van der Waals surface area contributed by atoms with E-state index in [2.05, 4.69) is 15.8 Å². The number of amides is 2. The number of benzene rings is 2. The lowest BCUT2D eigenvalue weighted by molar-refractivity contribution is -0.139. The van der Waals surface area contributed by atoms with Gasteiger partial charge in [0.25, 0.3) is 0 Å². The van der Waals surface area contributed by atoms with Crippen LogP contribution in [0, 0.1) is 0 Å². The van der Waals surface area contributed by atoms with E-state index in [1.165, 1.54) is 6.21 Å². The first-order valence-corrected chi connectivity index (χ1v) is 10.6. The fourth-order valence-electron chi connectivity index (χ4n) is 2.52. The number of nitrogens with one attached hydrogen (secondary N) is 2. The zero-order valence-electron chi connectivity index (χ0n) is 17.8. The summed E-state index contributed by atoms with van der Waals surface area (Å²) in [6, 6.07) is 10.6. The molecule has 32 heavy (non-hydrogen) atoms. The molecule has 172 valence electrons. The lowest BCUT2D eigenvalue weighted by Crippen LogP contribution is -2.38. The summed E-state index contributed by atoms with van der Waals surface area (Å²) in [5.74, 6) is -0.840. The van der Waals surface area contributed by atoms with Crippen molar-refractivity contribution in [3.8, 4) is 11.5 Å². The first kappa shape index (κ1) is 25.5. The van der Waals surface area contributed by atoms with Crippen molar-refractivity contribution in [1.82, 2.24) is 10.7 Å². The summed E-state index contributed by atoms with van der Waals surface area (Å²) < 4.78 is 16.4. The van der Waals surface area contributed by atoms with E-state index in [1.54, 1.807) is 31.4 Å². The van der Waals surface area contributed by atoms with Gasteiger partial charge in [-0.15, -0.1) is 0 Å². The highest BCUT2D eigenvalue weighted by Gasteiger charge is 2.14. The van der Waals surface area contributed by atoms with Crippen molar-refractivity contribution in [3.63, 3.8) is 0 Å². The molecule has 8 nitrogen and oxygen atoms in total. The zero-order valence-corrected chi connectivity index (χ0v) is 19.3. The first-order valence-electron chi connectivity index (χ1n) is 9.88. The van der Waals surface area contributed by atoms with Crippen LogP contribution in [0.25, 0.3) is 0 Å². The van der Waals surface area contributed by atoms with Crippen LogP contribution >= 0.6 is 23.2 Å². The highest BCUT2D eigenvalue weighted by molar-refractivity contribution is 6.35. The minimum Gasteiger partial charge on any atom is -0.490 e. The first-order chi connectivity index (χ1) is 15.4. The SMILES string of the molecule is CCOc1cc(/C=N\NC(=O)C(=O)NCCCOC)cc(Cl)c1OCc1ccc(Cl)cc1. The number of ether oxygens (including phenoxy) is 3. The number of hydrogen-bond donors (Lipinski definition) is 2. The number of methoxy groups -OCH3 is 1. The molecular formula is C22H25Cl2N3O5. The van der Waals surface area contributed by atoms with Crippen LogP contribution in [0.15, 0.2) is 41.5 Å². The molecule has 0 unspecified atom stereocenters.